The Labute approximate surface area is 164 Å². The fourth-order valence-corrected chi connectivity index (χ4v) is 4.54. The van der Waals surface area contributed by atoms with Crippen LogP contribution < -0.4 is 5.43 Å². The molecule has 1 saturated heterocycles. The Kier molecular flexibility index (Phi) is 6.05. The molecule has 0 aliphatic carbocycles. The minimum absolute atomic E-state index is 0.0230. The van der Waals surface area contributed by atoms with Crippen molar-refractivity contribution in [2.24, 2.45) is 5.10 Å². The summed E-state index contributed by atoms with van der Waals surface area (Å²) in [5, 5.41) is 15.1. The van der Waals surface area contributed by atoms with Crippen molar-refractivity contribution in [2.75, 3.05) is 18.5 Å². The van der Waals surface area contributed by atoms with Gasteiger partial charge in [-0.05, 0) is 43.5 Å². The van der Waals surface area contributed by atoms with Gasteiger partial charge in [0.2, 0.25) is 10.0 Å². The first-order valence-electron chi connectivity index (χ1n) is 9.03. The summed E-state index contributed by atoms with van der Waals surface area (Å²) in [6.07, 6.45) is 2.86. The molecule has 0 amide bonds. The van der Waals surface area contributed by atoms with Gasteiger partial charge in [0.1, 0.15) is 0 Å². The van der Waals surface area contributed by atoms with Crippen LogP contribution in [0.5, 0.6) is 0 Å². The summed E-state index contributed by atoms with van der Waals surface area (Å²) in [7, 11) is -3.46. The number of hydrogen-bond donors (Lipinski definition) is 1. The lowest BCUT2D eigenvalue weighted by Gasteiger charge is -2.25. The SMILES string of the molecule is C/C(=N/Nc1cccc([N+](=O)[O-])c1)c1ccc(S(=O)(=O)N2CCCCC2)cc1. The van der Waals surface area contributed by atoms with Gasteiger partial charge in [-0.25, -0.2) is 8.42 Å². The van der Waals surface area contributed by atoms with Crippen LogP contribution in [-0.4, -0.2) is 36.4 Å². The number of non-ortho nitro benzene ring substituents is 1. The quantitative estimate of drug-likeness (QED) is 0.451. The van der Waals surface area contributed by atoms with Crippen molar-refractivity contribution in [3.05, 3.63) is 64.2 Å². The maximum Gasteiger partial charge on any atom is 0.271 e. The first-order chi connectivity index (χ1) is 13.4. The molecule has 2 aromatic rings. The number of piperidine rings is 1. The summed E-state index contributed by atoms with van der Waals surface area (Å²) in [4.78, 5) is 10.6. The second-order valence-corrected chi connectivity index (χ2v) is 8.54. The van der Waals surface area contributed by atoms with Crippen LogP contribution in [0, 0.1) is 10.1 Å². The Morgan fingerprint density at radius 2 is 1.79 bits per heavy atom. The number of nitrogens with one attached hydrogen (secondary N) is 1. The van der Waals surface area contributed by atoms with Gasteiger partial charge in [-0.3, -0.25) is 15.5 Å². The Bertz CT molecular complexity index is 981. The van der Waals surface area contributed by atoms with Crippen molar-refractivity contribution < 1.29 is 13.3 Å². The van der Waals surface area contributed by atoms with Crippen molar-refractivity contribution in [1.29, 1.82) is 0 Å². The number of nitro benzene ring substituents is 1. The zero-order valence-electron chi connectivity index (χ0n) is 15.5. The van der Waals surface area contributed by atoms with E-state index in [2.05, 4.69) is 10.5 Å². The maximum absolute atomic E-state index is 12.7. The number of nitrogens with zero attached hydrogens (tertiary/aromatic N) is 3. The van der Waals surface area contributed by atoms with Gasteiger partial charge >= 0.3 is 0 Å². The Balaban J connectivity index is 1.72. The van der Waals surface area contributed by atoms with Gasteiger partial charge in [-0.1, -0.05) is 24.6 Å². The summed E-state index contributed by atoms with van der Waals surface area (Å²) in [5.41, 5.74) is 4.66. The molecule has 28 heavy (non-hydrogen) atoms. The molecule has 0 spiro atoms. The highest BCUT2D eigenvalue weighted by Gasteiger charge is 2.25. The Hall–Kier alpha value is -2.78. The average molecular weight is 402 g/mol. The molecule has 148 valence electrons. The largest absolute Gasteiger partial charge is 0.278 e. The first-order valence-corrected chi connectivity index (χ1v) is 10.5. The van der Waals surface area contributed by atoms with Gasteiger partial charge in [-0.15, -0.1) is 0 Å². The van der Waals surface area contributed by atoms with Gasteiger partial charge in [0.05, 0.1) is 21.2 Å². The van der Waals surface area contributed by atoms with E-state index in [4.69, 9.17) is 0 Å². The van der Waals surface area contributed by atoms with Crippen LogP contribution in [0.3, 0.4) is 0 Å². The molecular weight excluding hydrogens is 380 g/mol. The molecule has 0 radical (unpaired) electrons. The lowest BCUT2D eigenvalue weighted by molar-refractivity contribution is -0.384. The molecule has 1 heterocycles. The fraction of sp³-hybridized carbons (Fsp3) is 0.316. The smallest absolute Gasteiger partial charge is 0.271 e. The van der Waals surface area contributed by atoms with Crippen LogP contribution in [0.15, 0.2) is 58.5 Å². The molecule has 0 saturated carbocycles. The number of hydrogen-bond acceptors (Lipinski definition) is 6. The van der Waals surface area contributed by atoms with Gasteiger partial charge in [0.15, 0.2) is 0 Å². The Morgan fingerprint density at radius 1 is 1.11 bits per heavy atom. The summed E-state index contributed by atoms with van der Waals surface area (Å²) >= 11 is 0. The second kappa shape index (κ2) is 8.49. The minimum atomic E-state index is -3.46. The monoisotopic (exact) mass is 402 g/mol. The van der Waals surface area contributed by atoms with Crippen LogP contribution in [-0.2, 0) is 10.0 Å². The highest BCUT2D eigenvalue weighted by Crippen LogP contribution is 2.21. The fourth-order valence-electron chi connectivity index (χ4n) is 3.02. The van der Waals surface area contributed by atoms with Crippen LogP contribution in [0.2, 0.25) is 0 Å². The van der Waals surface area contributed by atoms with Crippen LogP contribution in [0.25, 0.3) is 0 Å². The maximum atomic E-state index is 12.7. The third kappa shape index (κ3) is 4.55. The van der Waals surface area contributed by atoms with Crippen LogP contribution in [0.4, 0.5) is 11.4 Å². The number of hydrazone groups is 1. The summed E-state index contributed by atoms with van der Waals surface area (Å²) in [6, 6.07) is 12.7. The molecule has 2 aromatic carbocycles. The molecule has 1 aliphatic rings. The molecule has 0 aromatic heterocycles. The molecule has 1 N–H and O–H groups in total. The van der Waals surface area contributed by atoms with Crippen LogP contribution in [0.1, 0.15) is 31.7 Å². The molecule has 0 unspecified atom stereocenters. The van der Waals surface area contributed by atoms with Crippen LogP contribution >= 0.6 is 0 Å². The van der Waals surface area contributed by atoms with E-state index in [-0.39, 0.29) is 10.6 Å². The number of sulfonamides is 1. The molecular formula is C19H22N4O4S. The third-order valence-electron chi connectivity index (χ3n) is 4.63. The number of benzene rings is 2. The van der Waals surface area contributed by atoms with Crippen molar-refractivity contribution in [3.63, 3.8) is 0 Å². The minimum Gasteiger partial charge on any atom is -0.278 e. The molecule has 0 atom stereocenters. The van der Waals surface area contributed by atoms with Crippen molar-refractivity contribution in [1.82, 2.24) is 4.31 Å². The topological polar surface area (TPSA) is 105 Å². The van der Waals surface area contributed by atoms with E-state index in [1.54, 1.807) is 43.3 Å². The highest BCUT2D eigenvalue weighted by molar-refractivity contribution is 7.89. The summed E-state index contributed by atoms with van der Waals surface area (Å²) in [6.45, 7) is 2.91. The first kappa shape index (κ1) is 20.0. The molecule has 1 aliphatic heterocycles. The van der Waals surface area contributed by atoms with E-state index >= 15 is 0 Å². The van der Waals surface area contributed by atoms with Crippen molar-refractivity contribution in [3.8, 4) is 0 Å². The molecule has 3 rings (SSSR count). The van der Waals surface area contributed by atoms with E-state index in [9.17, 15) is 18.5 Å². The lowest BCUT2D eigenvalue weighted by atomic mass is 10.1. The molecule has 9 heteroatoms. The zero-order valence-corrected chi connectivity index (χ0v) is 16.4. The van der Waals surface area contributed by atoms with E-state index in [1.807, 2.05) is 0 Å². The molecule has 0 bridgehead atoms. The van der Waals surface area contributed by atoms with E-state index in [0.29, 0.717) is 24.5 Å². The Morgan fingerprint density at radius 3 is 2.43 bits per heavy atom. The number of anilines is 1. The van der Waals surface area contributed by atoms with Gasteiger partial charge < -0.3 is 0 Å². The number of nitro groups is 1. The lowest BCUT2D eigenvalue weighted by Crippen LogP contribution is -2.35. The highest BCUT2D eigenvalue weighted by atomic mass is 32.2. The van der Waals surface area contributed by atoms with E-state index in [1.165, 1.54) is 16.4 Å². The van der Waals surface area contributed by atoms with Crippen molar-refractivity contribution in [2.45, 2.75) is 31.1 Å². The average Bonchev–Trinajstić information content (AvgIpc) is 2.73. The predicted molar refractivity (Wildman–Crippen MR) is 108 cm³/mol. The van der Waals surface area contributed by atoms with Gasteiger partial charge in [0.25, 0.3) is 5.69 Å². The van der Waals surface area contributed by atoms with E-state index in [0.717, 1.165) is 24.8 Å². The third-order valence-corrected chi connectivity index (χ3v) is 6.55. The second-order valence-electron chi connectivity index (χ2n) is 6.61. The standard InChI is InChI=1S/C19H22N4O4S/c1-15(20-21-17-6-5-7-18(14-17)23(24)25)16-8-10-19(11-9-16)28(26,27)22-12-3-2-4-13-22/h5-11,14,21H,2-4,12-13H2,1H3/b20-15-. The van der Waals surface area contributed by atoms with Crippen molar-refractivity contribution >= 4 is 27.1 Å². The normalized spacial score (nSPS) is 16.0. The molecule has 8 nitrogen and oxygen atoms in total. The molecule has 1 fully saturated rings. The zero-order chi connectivity index (χ0) is 20.1. The predicted octanol–water partition coefficient (Wildman–Crippen LogP) is 3.61. The van der Waals surface area contributed by atoms with Gasteiger partial charge in [0, 0.05) is 25.2 Å². The summed E-state index contributed by atoms with van der Waals surface area (Å²) in [5.74, 6) is 0. The van der Waals surface area contributed by atoms with Gasteiger partial charge in [-0.2, -0.15) is 9.41 Å². The summed E-state index contributed by atoms with van der Waals surface area (Å²) < 4.78 is 26.9. The van der Waals surface area contributed by atoms with E-state index < -0.39 is 14.9 Å². The number of rotatable bonds is 6.